The third-order valence-corrected chi connectivity index (χ3v) is 4.94. The first-order valence-electron chi connectivity index (χ1n) is 9.61. The van der Waals surface area contributed by atoms with Crippen LogP contribution in [0.15, 0.2) is 42.7 Å². The molecule has 0 saturated carbocycles. The Kier molecular flexibility index (Phi) is 4.55. The van der Waals surface area contributed by atoms with Gasteiger partial charge in [0.05, 0.1) is 18.3 Å². The first-order valence-corrected chi connectivity index (χ1v) is 9.61. The number of aromatic nitrogens is 4. The summed E-state index contributed by atoms with van der Waals surface area (Å²) in [7, 11) is 0. The number of aromatic amines is 1. The summed E-state index contributed by atoms with van der Waals surface area (Å²) in [6.45, 7) is 1.67. The molecule has 1 aromatic carbocycles. The summed E-state index contributed by atoms with van der Waals surface area (Å²) in [5.41, 5.74) is 2.40. The second kappa shape index (κ2) is 7.51. The fourth-order valence-corrected chi connectivity index (χ4v) is 3.52. The Morgan fingerprint density at radius 3 is 3.07 bits per heavy atom. The van der Waals surface area contributed by atoms with Crippen LogP contribution in [0, 0.1) is 5.82 Å². The summed E-state index contributed by atoms with van der Waals surface area (Å²) in [5.74, 6) is 0.717. The number of halogens is 1. The first kappa shape index (κ1) is 18.2. The van der Waals surface area contributed by atoms with Crippen LogP contribution in [-0.4, -0.2) is 44.7 Å². The van der Waals surface area contributed by atoms with Crippen molar-refractivity contribution in [3.8, 4) is 23.0 Å². The molecule has 152 valence electrons. The molecule has 0 spiro atoms. The number of para-hydroxylation sites is 1. The summed E-state index contributed by atoms with van der Waals surface area (Å²) in [6.07, 6.45) is 3.71. The van der Waals surface area contributed by atoms with Crippen molar-refractivity contribution in [1.29, 1.82) is 0 Å². The number of nitrogens with one attached hydrogen (secondary N) is 3. The van der Waals surface area contributed by atoms with Crippen LogP contribution in [0.4, 0.5) is 16.0 Å². The van der Waals surface area contributed by atoms with Crippen LogP contribution in [0.5, 0.6) is 11.6 Å². The lowest BCUT2D eigenvalue weighted by atomic mass is 10.1. The zero-order chi connectivity index (χ0) is 20.5. The molecule has 0 saturated heterocycles. The fourth-order valence-electron chi connectivity index (χ4n) is 3.52. The maximum Gasteiger partial charge on any atom is 0.222 e. The van der Waals surface area contributed by atoms with Gasteiger partial charge in [0.15, 0.2) is 17.5 Å². The summed E-state index contributed by atoms with van der Waals surface area (Å²) in [5, 5.41) is 17.7. The molecular formula is C21H19FN6O2. The van der Waals surface area contributed by atoms with Gasteiger partial charge >= 0.3 is 0 Å². The van der Waals surface area contributed by atoms with Gasteiger partial charge in [-0.2, -0.15) is 0 Å². The van der Waals surface area contributed by atoms with Gasteiger partial charge in [-0.05, 0) is 24.1 Å². The summed E-state index contributed by atoms with van der Waals surface area (Å²) in [4.78, 5) is 15.8. The average molecular weight is 406 g/mol. The van der Waals surface area contributed by atoms with Crippen molar-refractivity contribution in [3.05, 3.63) is 54.1 Å². The molecule has 1 aliphatic heterocycles. The molecule has 0 amide bonds. The molecule has 0 aliphatic carbocycles. The van der Waals surface area contributed by atoms with Crippen molar-refractivity contribution in [2.75, 3.05) is 30.3 Å². The number of ether oxygens (including phenoxy) is 1. The second-order valence-electron chi connectivity index (χ2n) is 6.91. The molecule has 30 heavy (non-hydrogen) atoms. The normalized spacial score (nSPS) is 12.8. The average Bonchev–Trinajstić information content (AvgIpc) is 3.18. The van der Waals surface area contributed by atoms with Gasteiger partial charge in [0.25, 0.3) is 0 Å². The largest absolute Gasteiger partial charge is 0.493 e. The Morgan fingerprint density at radius 2 is 2.13 bits per heavy atom. The van der Waals surface area contributed by atoms with Crippen LogP contribution < -0.4 is 15.4 Å². The van der Waals surface area contributed by atoms with Crippen LogP contribution in [0.1, 0.15) is 5.56 Å². The second-order valence-corrected chi connectivity index (χ2v) is 6.91. The number of nitrogens with zero attached hydrogens (tertiary/aromatic N) is 3. The van der Waals surface area contributed by atoms with Gasteiger partial charge in [0.2, 0.25) is 11.6 Å². The molecular weight excluding hydrogens is 387 g/mol. The highest BCUT2D eigenvalue weighted by Crippen LogP contribution is 2.36. The molecule has 5 rings (SSSR count). The number of benzene rings is 1. The van der Waals surface area contributed by atoms with Gasteiger partial charge < -0.3 is 25.5 Å². The highest BCUT2D eigenvalue weighted by atomic mass is 19.1. The monoisotopic (exact) mass is 406 g/mol. The quantitative estimate of drug-likeness (QED) is 0.403. The topological polar surface area (TPSA) is 108 Å². The number of hydrogen-bond donors (Lipinski definition) is 4. The zero-order valence-corrected chi connectivity index (χ0v) is 15.9. The van der Waals surface area contributed by atoms with Crippen molar-refractivity contribution in [2.24, 2.45) is 0 Å². The van der Waals surface area contributed by atoms with Crippen molar-refractivity contribution < 1.29 is 14.2 Å². The smallest absolute Gasteiger partial charge is 0.222 e. The van der Waals surface area contributed by atoms with Crippen LogP contribution in [-0.2, 0) is 6.42 Å². The maximum atomic E-state index is 13.7. The minimum Gasteiger partial charge on any atom is -0.493 e. The van der Waals surface area contributed by atoms with E-state index in [1.165, 1.54) is 10.9 Å². The molecule has 0 fully saturated rings. The van der Waals surface area contributed by atoms with E-state index in [1.54, 1.807) is 0 Å². The molecule has 0 unspecified atom stereocenters. The number of H-pyrrole nitrogens is 1. The molecule has 4 aromatic rings. The van der Waals surface area contributed by atoms with E-state index < -0.39 is 5.82 Å². The Labute approximate surface area is 171 Å². The lowest BCUT2D eigenvalue weighted by Gasteiger charge is -2.21. The van der Waals surface area contributed by atoms with Gasteiger partial charge in [0.1, 0.15) is 12.4 Å². The summed E-state index contributed by atoms with van der Waals surface area (Å²) >= 11 is 0. The summed E-state index contributed by atoms with van der Waals surface area (Å²) < 4.78 is 19.4. The van der Waals surface area contributed by atoms with Crippen molar-refractivity contribution in [3.63, 3.8) is 0 Å². The molecule has 0 atom stereocenters. The Morgan fingerprint density at radius 1 is 1.23 bits per heavy atom. The fraction of sp³-hybridized carbons (Fsp3) is 0.190. The SMILES string of the molecule is Oc1ncc(F)cc1-c1nc2c(c(NCCc3c[nH]c4ccccc34)n1)OCCN2. The van der Waals surface area contributed by atoms with Gasteiger partial charge in [0, 0.05) is 23.6 Å². The molecule has 1 aliphatic rings. The number of hydrogen-bond acceptors (Lipinski definition) is 7. The molecule has 4 N–H and O–H groups in total. The van der Waals surface area contributed by atoms with E-state index in [1.807, 2.05) is 24.4 Å². The third kappa shape index (κ3) is 3.34. The summed E-state index contributed by atoms with van der Waals surface area (Å²) in [6, 6.07) is 9.29. The number of rotatable bonds is 5. The lowest BCUT2D eigenvalue weighted by Crippen LogP contribution is -2.21. The van der Waals surface area contributed by atoms with E-state index in [2.05, 4.69) is 36.6 Å². The first-order chi connectivity index (χ1) is 14.7. The zero-order valence-electron chi connectivity index (χ0n) is 15.9. The Bertz CT molecular complexity index is 1230. The predicted molar refractivity (Wildman–Crippen MR) is 111 cm³/mol. The number of anilines is 2. The van der Waals surface area contributed by atoms with Gasteiger partial charge in [-0.3, -0.25) is 0 Å². The highest BCUT2D eigenvalue weighted by Gasteiger charge is 2.21. The minimum atomic E-state index is -0.581. The predicted octanol–water partition coefficient (Wildman–Crippen LogP) is 3.32. The Balaban J connectivity index is 1.44. The molecule has 0 radical (unpaired) electrons. The van der Waals surface area contributed by atoms with E-state index in [4.69, 9.17) is 4.74 Å². The van der Waals surface area contributed by atoms with Gasteiger partial charge in [-0.25, -0.2) is 19.3 Å². The van der Waals surface area contributed by atoms with Gasteiger partial charge in [-0.1, -0.05) is 18.2 Å². The van der Waals surface area contributed by atoms with Crippen LogP contribution >= 0.6 is 0 Å². The standard InChI is InChI=1S/C21H19FN6O2/c22-13-9-15(21(29)26-11-13)18-27-19(17-20(28-18)24-7-8-30-17)23-6-5-12-10-25-16-4-2-1-3-14(12)16/h1-4,9-11,25H,5-8H2,(H,26,29)(H2,23,24,27,28). The molecule has 9 heteroatoms. The van der Waals surface area contributed by atoms with Crippen LogP contribution in [0.3, 0.4) is 0 Å². The number of fused-ring (bicyclic) bond motifs is 2. The molecule has 3 aromatic heterocycles. The maximum absolute atomic E-state index is 13.7. The van der Waals surface area contributed by atoms with E-state index in [-0.39, 0.29) is 17.3 Å². The Hall–Kier alpha value is -3.88. The lowest BCUT2D eigenvalue weighted by molar-refractivity contribution is 0.321. The van der Waals surface area contributed by atoms with E-state index >= 15 is 0 Å². The third-order valence-electron chi connectivity index (χ3n) is 4.94. The highest BCUT2D eigenvalue weighted by molar-refractivity contribution is 5.83. The van der Waals surface area contributed by atoms with Crippen LogP contribution in [0.2, 0.25) is 0 Å². The number of aromatic hydroxyl groups is 1. The van der Waals surface area contributed by atoms with Crippen molar-refractivity contribution in [1.82, 2.24) is 19.9 Å². The van der Waals surface area contributed by atoms with Gasteiger partial charge in [-0.15, -0.1) is 0 Å². The molecule has 8 nitrogen and oxygen atoms in total. The van der Waals surface area contributed by atoms with Crippen molar-refractivity contribution >= 4 is 22.5 Å². The van der Waals surface area contributed by atoms with Crippen LogP contribution in [0.25, 0.3) is 22.3 Å². The van der Waals surface area contributed by atoms with Crippen molar-refractivity contribution in [2.45, 2.75) is 6.42 Å². The molecule has 0 bridgehead atoms. The number of pyridine rings is 1. The van der Waals surface area contributed by atoms with E-state index in [0.29, 0.717) is 37.1 Å². The van der Waals surface area contributed by atoms with E-state index in [9.17, 15) is 9.50 Å². The minimum absolute atomic E-state index is 0.116. The van der Waals surface area contributed by atoms with E-state index in [0.717, 1.165) is 24.2 Å². The molecule has 4 heterocycles.